The van der Waals surface area contributed by atoms with Crippen molar-refractivity contribution in [2.24, 2.45) is 0 Å². The highest BCUT2D eigenvalue weighted by atomic mass is 16.5. The molecule has 5 heterocycles. The molecule has 2 aromatic carbocycles. The standard InChI is InChI=1S/C24H27N7O4.C20H24N4O4/c1-14-22(15(2)35-31-14)20-9-21(28-17-10-26-24(33-4)27-11-17)30-23(29-20)16-6-5-7-19(8-16)34-13-18(32)12-25-3;1-11-18(17-12(2)24-28-13(17)3)22-19(23-20(11)26)14-6-5-7-16(8-14)27-10-15(25)9-21-4/h5-11,18,25,32H,12-13H2,1-4H3,(H,28,29,30);5-8,15,21,25H,9-10H2,1-4H3,(H,22,23,26). The van der Waals surface area contributed by atoms with Crippen molar-refractivity contribution in [3.63, 3.8) is 0 Å². The number of hydrogen-bond donors (Lipinski definition) is 6. The van der Waals surface area contributed by atoms with Crippen LogP contribution in [0, 0.1) is 34.6 Å². The van der Waals surface area contributed by atoms with Gasteiger partial charge in [-0.15, -0.1) is 0 Å². The molecule has 0 fully saturated rings. The third kappa shape index (κ3) is 11.7. The zero-order chi connectivity index (χ0) is 45.0. The Morgan fingerprint density at radius 1 is 0.746 bits per heavy atom. The summed E-state index contributed by atoms with van der Waals surface area (Å²) < 4.78 is 27.0. The lowest BCUT2D eigenvalue weighted by molar-refractivity contribution is 0.108. The number of H-pyrrole nitrogens is 1. The van der Waals surface area contributed by atoms with E-state index in [1.54, 1.807) is 52.5 Å². The van der Waals surface area contributed by atoms with Gasteiger partial charge in [0.15, 0.2) is 5.82 Å². The van der Waals surface area contributed by atoms with E-state index in [0.717, 1.165) is 22.4 Å². The Kier molecular flexibility index (Phi) is 15.3. The van der Waals surface area contributed by atoms with Crippen LogP contribution in [0.5, 0.6) is 17.5 Å². The van der Waals surface area contributed by atoms with Crippen LogP contribution in [0.4, 0.5) is 11.5 Å². The number of aromatic amines is 1. The molecule has 2 atom stereocenters. The van der Waals surface area contributed by atoms with Gasteiger partial charge in [-0.05, 0) is 73.0 Å². The molecular weight excluding hydrogens is 811 g/mol. The molecule has 7 rings (SSSR count). The fraction of sp³-hybridized carbons (Fsp3) is 0.318. The van der Waals surface area contributed by atoms with Crippen molar-refractivity contribution in [2.45, 2.75) is 46.8 Å². The molecule has 7 aromatic rings. The number of likely N-dealkylation sites (N-methyl/N-ethyl adjacent to an activating group) is 2. The Labute approximate surface area is 363 Å². The molecule has 2 unspecified atom stereocenters. The highest BCUT2D eigenvalue weighted by molar-refractivity contribution is 5.72. The normalized spacial score (nSPS) is 12.0. The fourth-order valence-electron chi connectivity index (χ4n) is 6.42. The minimum Gasteiger partial charge on any atom is -0.491 e. The summed E-state index contributed by atoms with van der Waals surface area (Å²) in [5.41, 5.74) is 6.48. The van der Waals surface area contributed by atoms with Gasteiger partial charge < -0.3 is 54.4 Å². The molecule has 0 aliphatic carbocycles. The summed E-state index contributed by atoms with van der Waals surface area (Å²) in [6.07, 6.45) is 1.98. The minimum absolute atomic E-state index is 0.159. The molecule has 63 heavy (non-hydrogen) atoms. The monoisotopic (exact) mass is 861 g/mol. The first-order valence-corrected chi connectivity index (χ1v) is 20.0. The molecule has 0 bridgehead atoms. The number of rotatable bonds is 17. The zero-order valence-electron chi connectivity index (χ0n) is 36.3. The topological polar surface area (TPSA) is 254 Å². The van der Waals surface area contributed by atoms with Crippen molar-refractivity contribution >= 4 is 11.5 Å². The van der Waals surface area contributed by atoms with Gasteiger partial charge in [0.2, 0.25) is 0 Å². The third-order valence-electron chi connectivity index (χ3n) is 9.48. The van der Waals surface area contributed by atoms with Crippen LogP contribution in [0.25, 0.3) is 45.3 Å². The number of hydrogen-bond acceptors (Lipinski definition) is 18. The molecule has 0 saturated carbocycles. The molecule has 0 radical (unpaired) electrons. The number of aryl methyl sites for hydroxylation is 4. The lowest BCUT2D eigenvalue weighted by atomic mass is 10.1. The number of aliphatic hydroxyl groups is 2. The minimum atomic E-state index is -0.620. The number of aromatic nitrogens is 8. The highest BCUT2D eigenvalue weighted by Crippen LogP contribution is 2.32. The second-order valence-corrected chi connectivity index (χ2v) is 14.4. The first-order valence-electron chi connectivity index (χ1n) is 20.0. The van der Waals surface area contributed by atoms with Crippen LogP contribution in [-0.4, -0.2) is 110 Å². The lowest BCUT2D eigenvalue weighted by Crippen LogP contribution is -2.29. The molecular formula is C44H51N11O8. The SMILES string of the molecule is CNCC(O)COc1cccc(-c2nc(-c3c(C)noc3C)c(C)c(=O)[nH]2)c1.CNCC(O)COc1cccc(-c2nc(Nc3cnc(OC)nc3)cc(-c3c(C)noc3C)n2)c1. The van der Waals surface area contributed by atoms with E-state index >= 15 is 0 Å². The van der Waals surface area contributed by atoms with E-state index in [1.165, 1.54) is 7.11 Å². The zero-order valence-corrected chi connectivity index (χ0v) is 36.3. The van der Waals surface area contributed by atoms with Crippen LogP contribution < -0.4 is 35.7 Å². The number of methoxy groups -OCH3 is 1. The average Bonchev–Trinajstić information content (AvgIpc) is 3.81. The van der Waals surface area contributed by atoms with E-state index in [4.69, 9.17) is 33.2 Å². The second-order valence-electron chi connectivity index (χ2n) is 14.4. The van der Waals surface area contributed by atoms with E-state index in [2.05, 4.69) is 46.2 Å². The Morgan fingerprint density at radius 3 is 1.87 bits per heavy atom. The first-order chi connectivity index (χ1) is 30.4. The molecule has 0 saturated heterocycles. The lowest BCUT2D eigenvalue weighted by Gasteiger charge is -2.13. The number of nitrogens with zero attached hydrogens (tertiary/aromatic N) is 7. The first kappa shape index (κ1) is 45.5. The van der Waals surface area contributed by atoms with Crippen molar-refractivity contribution in [3.8, 4) is 62.8 Å². The summed E-state index contributed by atoms with van der Waals surface area (Å²) in [7, 11) is 5.05. The fourth-order valence-corrected chi connectivity index (χ4v) is 6.42. The van der Waals surface area contributed by atoms with E-state index in [9.17, 15) is 15.0 Å². The predicted octanol–water partition coefficient (Wildman–Crippen LogP) is 4.89. The maximum Gasteiger partial charge on any atom is 0.316 e. The van der Waals surface area contributed by atoms with Crippen LogP contribution >= 0.6 is 0 Å². The average molecular weight is 862 g/mol. The summed E-state index contributed by atoms with van der Waals surface area (Å²) in [6, 6.07) is 16.7. The van der Waals surface area contributed by atoms with E-state index in [0.29, 0.717) is 87.5 Å². The molecule has 19 heteroatoms. The third-order valence-corrected chi connectivity index (χ3v) is 9.48. The summed E-state index contributed by atoms with van der Waals surface area (Å²) in [6.45, 7) is 10.2. The number of anilines is 2. The van der Waals surface area contributed by atoms with Crippen LogP contribution in [0.1, 0.15) is 28.5 Å². The Hall–Kier alpha value is -7.06. The van der Waals surface area contributed by atoms with Crippen LogP contribution in [0.15, 0.2) is 80.8 Å². The molecule has 330 valence electrons. The van der Waals surface area contributed by atoms with E-state index in [-0.39, 0.29) is 24.8 Å². The van der Waals surface area contributed by atoms with Crippen LogP contribution in [0.3, 0.4) is 0 Å². The van der Waals surface area contributed by atoms with Gasteiger partial charge in [-0.3, -0.25) is 4.79 Å². The summed E-state index contributed by atoms with van der Waals surface area (Å²) in [4.78, 5) is 37.7. The molecule has 0 spiro atoms. The van der Waals surface area contributed by atoms with E-state index in [1.807, 2.05) is 63.2 Å². The van der Waals surface area contributed by atoms with Crippen molar-refractivity contribution in [3.05, 3.63) is 106 Å². The number of aliphatic hydroxyl groups excluding tert-OH is 2. The van der Waals surface area contributed by atoms with Gasteiger partial charge in [-0.2, -0.15) is 0 Å². The largest absolute Gasteiger partial charge is 0.491 e. The second kappa shape index (κ2) is 21.1. The van der Waals surface area contributed by atoms with Crippen molar-refractivity contribution in [1.82, 2.24) is 50.9 Å². The van der Waals surface area contributed by atoms with E-state index < -0.39 is 12.2 Å². The van der Waals surface area contributed by atoms with Crippen molar-refractivity contribution in [1.29, 1.82) is 0 Å². The van der Waals surface area contributed by atoms with Gasteiger partial charge in [0.1, 0.15) is 60.1 Å². The highest BCUT2D eigenvalue weighted by Gasteiger charge is 2.20. The maximum atomic E-state index is 12.5. The number of ether oxygens (including phenoxy) is 3. The molecule has 6 N–H and O–H groups in total. The molecule has 0 aliphatic rings. The summed E-state index contributed by atoms with van der Waals surface area (Å²) in [5.74, 6) is 3.88. The van der Waals surface area contributed by atoms with Gasteiger partial charge in [0.05, 0.1) is 59.1 Å². The van der Waals surface area contributed by atoms with Crippen molar-refractivity contribution in [2.75, 3.05) is 52.8 Å². The smallest absolute Gasteiger partial charge is 0.316 e. The van der Waals surface area contributed by atoms with Crippen LogP contribution in [-0.2, 0) is 0 Å². The summed E-state index contributed by atoms with van der Waals surface area (Å²) >= 11 is 0. The van der Waals surface area contributed by atoms with Gasteiger partial charge in [0.25, 0.3) is 5.56 Å². The van der Waals surface area contributed by atoms with Crippen molar-refractivity contribution < 1.29 is 33.5 Å². The molecule has 0 aliphatic heterocycles. The van der Waals surface area contributed by atoms with Crippen LogP contribution in [0.2, 0.25) is 0 Å². The van der Waals surface area contributed by atoms with Gasteiger partial charge in [-0.1, -0.05) is 34.6 Å². The Morgan fingerprint density at radius 2 is 1.32 bits per heavy atom. The maximum absolute atomic E-state index is 12.5. The molecule has 19 nitrogen and oxygen atoms in total. The quantitative estimate of drug-likeness (QED) is 0.0712. The van der Waals surface area contributed by atoms with Gasteiger partial charge >= 0.3 is 6.01 Å². The Bertz CT molecular complexity index is 2630. The van der Waals surface area contributed by atoms with Gasteiger partial charge in [-0.25, -0.2) is 24.9 Å². The number of benzene rings is 2. The predicted molar refractivity (Wildman–Crippen MR) is 235 cm³/mol. The van der Waals surface area contributed by atoms with Gasteiger partial charge in [0, 0.05) is 35.8 Å². The number of nitrogens with one attached hydrogen (secondary N) is 4. The Balaban J connectivity index is 0.000000215. The molecule has 0 amide bonds. The molecule has 5 aromatic heterocycles. The summed E-state index contributed by atoms with van der Waals surface area (Å²) in [5, 5.41) is 36.8.